The predicted octanol–water partition coefficient (Wildman–Crippen LogP) is 4.73. The van der Waals surface area contributed by atoms with E-state index in [0.29, 0.717) is 5.56 Å². The second-order valence-corrected chi connectivity index (χ2v) is 9.03. The Morgan fingerprint density at radius 3 is 2.03 bits per heavy atom. The predicted molar refractivity (Wildman–Crippen MR) is 136 cm³/mol. The number of carbonyl (C=O) groups excluding carboxylic acids is 1. The number of anilines is 1. The molecule has 0 atom stereocenters. The normalized spacial score (nSPS) is 14.8. The van der Waals surface area contributed by atoms with Crippen molar-refractivity contribution < 1.29 is 4.79 Å². The lowest BCUT2D eigenvalue weighted by atomic mass is 10.1. The molecular weight excluding hydrogens is 424 g/mol. The summed E-state index contributed by atoms with van der Waals surface area (Å²) in [6.45, 7) is 5.87. The first kappa shape index (κ1) is 20.6. The minimum absolute atomic E-state index is 0.0426. The fourth-order valence-corrected chi connectivity index (χ4v) is 4.55. The third-order valence-corrected chi connectivity index (χ3v) is 6.65. The number of hydrogen-bond acceptors (Lipinski definition) is 5. The number of imidazole rings is 2. The highest BCUT2D eigenvalue weighted by Gasteiger charge is 2.15. The molecule has 34 heavy (non-hydrogen) atoms. The summed E-state index contributed by atoms with van der Waals surface area (Å²) in [5.41, 5.74) is 7.53. The van der Waals surface area contributed by atoms with Gasteiger partial charge < -0.3 is 19.8 Å². The maximum absolute atomic E-state index is 11.7. The fourth-order valence-electron chi connectivity index (χ4n) is 4.55. The van der Waals surface area contributed by atoms with Crippen LogP contribution in [0.2, 0.25) is 0 Å². The topological polar surface area (TPSA) is 80.9 Å². The molecule has 1 aliphatic heterocycles. The summed E-state index contributed by atoms with van der Waals surface area (Å²) in [4.78, 5) is 32.8. The number of aromatic nitrogens is 4. The van der Waals surface area contributed by atoms with Crippen LogP contribution in [0.3, 0.4) is 0 Å². The summed E-state index contributed by atoms with van der Waals surface area (Å²) >= 11 is 0. The van der Waals surface area contributed by atoms with Crippen LogP contribution >= 0.6 is 0 Å². The monoisotopic (exact) mass is 450 g/mol. The van der Waals surface area contributed by atoms with Crippen LogP contribution in [0.15, 0.2) is 60.7 Å². The Hall–Kier alpha value is -3.97. The van der Waals surface area contributed by atoms with Crippen LogP contribution in [0.25, 0.3) is 44.8 Å². The fraction of sp³-hybridized carbons (Fsp3) is 0.222. The molecule has 1 saturated heterocycles. The molecule has 1 aliphatic rings. The van der Waals surface area contributed by atoms with E-state index in [1.807, 2.05) is 30.3 Å². The molecular formula is C27H26N6O. The van der Waals surface area contributed by atoms with Gasteiger partial charge in [0, 0.05) is 48.6 Å². The van der Waals surface area contributed by atoms with Crippen molar-refractivity contribution >= 4 is 33.5 Å². The van der Waals surface area contributed by atoms with Crippen LogP contribution in [0.4, 0.5) is 5.69 Å². The molecule has 0 spiro atoms. The Bertz CT molecular complexity index is 1510. The molecule has 0 saturated carbocycles. The van der Waals surface area contributed by atoms with Crippen molar-refractivity contribution in [3.05, 3.63) is 66.2 Å². The van der Waals surface area contributed by atoms with Crippen molar-refractivity contribution in [3.8, 4) is 22.8 Å². The van der Waals surface area contributed by atoms with Crippen molar-refractivity contribution in [1.82, 2.24) is 24.8 Å². The molecule has 0 radical (unpaired) electrons. The Balaban J connectivity index is 1.28. The molecule has 170 valence electrons. The summed E-state index contributed by atoms with van der Waals surface area (Å²) in [5.74, 6) is 1.67. The minimum atomic E-state index is 0.0426. The zero-order valence-corrected chi connectivity index (χ0v) is 19.3. The van der Waals surface area contributed by atoms with Gasteiger partial charge in [0.05, 0.1) is 22.1 Å². The summed E-state index contributed by atoms with van der Waals surface area (Å²) in [5, 5.41) is 0. The first-order chi connectivity index (χ1) is 16.5. The highest BCUT2D eigenvalue weighted by atomic mass is 16.1. The van der Waals surface area contributed by atoms with Crippen LogP contribution in [-0.4, -0.2) is 63.8 Å². The lowest BCUT2D eigenvalue weighted by Crippen LogP contribution is -2.44. The standard InChI is InChI=1S/C27H26N6O/c1-17(34)19-5-9-22-24(15-19)31-27(29-22)20-6-10-23-25(16-20)30-26(28-23)18-3-7-21(8-4-18)33-13-11-32(2)12-14-33/h3-10,15-16H,11-14H2,1-2H3,(H,28,30)(H,29,31). The van der Waals surface area contributed by atoms with Crippen LogP contribution in [-0.2, 0) is 0 Å². The van der Waals surface area contributed by atoms with Crippen molar-refractivity contribution in [2.45, 2.75) is 6.92 Å². The van der Waals surface area contributed by atoms with Gasteiger partial charge in [0.15, 0.2) is 5.78 Å². The van der Waals surface area contributed by atoms with Crippen LogP contribution in [0.5, 0.6) is 0 Å². The van der Waals surface area contributed by atoms with Gasteiger partial charge >= 0.3 is 0 Å². The molecule has 6 rings (SSSR count). The number of fused-ring (bicyclic) bond motifs is 2. The number of ketones is 1. The zero-order chi connectivity index (χ0) is 23.2. The SMILES string of the molecule is CC(=O)c1ccc2nc(-c3ccc4nc(-c5ccc(N6CCN(C)CC6)cc5)[nH]c4c3)[nH]c2c1. The van der Waals surface area contributed by atoms with Crippen molar-refractivity contribution in [2.24, 2.45) is 0 Å². The summed E-state index contributed by atoms with van der Waals surface area (Å²) in [6.07, 6.45) is 0. The lowest BCUT2D eigenvalue weighted by Gasteiger charge is -2.34. The Labute approximate surface area is 197 Å². The number of aromatic amines is 2. The second kappa shape index (κ2) is 8.11. The number of benzene rings is 3. The van der Waals surface area contributed by atoms with E-state index in [1.54, 1.807) is 6.92 Å². The molecule has 7 nitrogen and oxygen atoms in total. The zero-order valence-electron chi connectivity index (χ0n) is 19.3. The van der Waals surface area contributed by atoms with Crippen molar-refractivity contribution in [3.63, 3.8) is 0 Å². The Morgan fingerprint density at radius 2 is 1.35 bits per heavy atom. The molecule has 1 fully saturated rings. The van der Waals surface area contributed by atoms with E-state index < -0.39 is 0 Å². The summed E-state index contributed by atoms with van der Waals surface area (Å²) in [6, 6.07) is 20.3. The molecule has 0 amide bonds. The Kier molecular flexibility index (Phi) is 4.92. The van der Waals surface area contributed by atoms with E-state index in [2.05, 4.69) is 57.1 Å². The van der Waals surface area contributed by atoms with Crippen molar-refractivity contribution in [1.29, 1.82) is 0 Å². The average Bonchev–Trinajstić information content (AvgIpc) is 3.48. The molecule has 2 N–H and O–H groups in total. The molecule has 0 unspecified atom stereocenters. The van der Waals surface area contributed by atoms with E-state index in [9.17, 15) is 4.79 Å². The average molecular weight is 451 g/mol. The Morgan fingerprint density at radius 1 is 0.765 bits per heavy atom. The second-order valence-electron chi connectivity index (χ2n) is 9.03. The molecule has 3 heterocycles. The lowest BCUT2D eigenvalue weighted by molar-refractivity contribution is 0.101. The molecule has 7 heteroatoms. The van der Waals surface area contributed by atoms with E-state index in [0.717, 1.165) is 71.0 Å². The number of carbonyl (C=O) groups is 1. The number of nitrogens with zero attached hydrogens (tertiary/aromatic N) is 4. The molecule has 5 aromatic rings. The van der Waals surface area contributed by atoms with Gasteiger partial charge in [0.25, 0.3) is 0 Å². The summed E-state index contributed by atoms with van der Waals surface area (Å²) in [7, 11) is 2.17. The maximum atomic E-state index is 11.7. The third-order valence-electron chi connectivity index (χ3n) is 6.65. The molecule has 0 bridgehead atoms. The quantitative estimate of drug-likeness (QED) is 0.387. The van der Waals surface area contributed by atoms with Gasteiger partial charge in [0.1, 0.15) is 11.6 Å². The van der Waals surface area contributed by atoms with Gasteiger partial charge in [-0.25, -0.2) is 9.97 Å². The van der Waals surface area contributed by atoms with Crippen LogP contribution < -0.4 is 4.90 Å². The number of likely N-dealkylation sites (N-methyl/N-ethyl adjacent to an activating group) is 1. The number of H-pyrrole nitrogens is 2. The number of nitrogens with one attached hydrogen (secondary N) is 2. The van der Waals surface area contributed by atoms with E-state index in [-0.39, 0.29) is 5.78 Å². The molecule has 2 aromatic heterocycles. The smallest absolute Gasteiger partial charge is 0.159 e. The van der Waals surface area contributed by atoms with Gasteiger partial charge in [0.2, 0.25) is 0 Å². The van der Waals surface area contributed by atoms with Gasteiger partial charge in [-0.1, -0.05) is 0 Å². The van der Waals surface area contributed by atoms with E-state index in [1.165, 1.54) is 5.69 Å². The van der Waals surface area contributed by atoms with Gasteiger partial charge in [-0.2, -0.15) is 0 Å². The number of piperazine rings is 1. The van der Waals surface area contributed by atoms with Crippen LogP contribution in [0, 0.1) is 0 Å². The number of rotatable bonds is 4. The first-order valence-electron chi connectivity index (χ1n) is 11.6. The third kappa shape index (κ3) is 3.74. The number of hydrogen-bond donors (Lipinski definition) is 2. The van der Waals surface area contributed by atoms with Crippen molar-refractivity contribution in [2.75, 3.05) is 38.1 Å². The molecule has 3 aromatic carbocycles. The summed E-state index contributed by atoms with van der Waals surface area (Å²) < 4.78 is 0. The highest BCUT2D eigenvalue weighted by Crippen LogP contribution is 2.28. The first-order valence-corrected chi connectivity index (χ1v) is 11.6. The largest absolute Gasteiger partial charge is 0.369 e. The van der Waals surface area contributed by atoms with E-state index >= 15 is 0 Å². The minimum Gasteiger partial charge on any atom is -0.369 e. The number of Topliss-reactive ketones (excluding diaryl/α,β-unsaturated/α-hetero) is 1. The van der Waals surface area contributed by atoms with Crippen LogP contribution in [0.1, 0.15) is 17.3 Å². The van der Waals surface area contributed by atoms with Gasteiger partial charge in [-0.3, -0.25) is 4.79 Å². The van der Waals surface area contributed by atoms with Gasteiger partial charge in [-0.15, -0.1) is 0 Å². The molecule has 0 aliphatic carbocycles. The highest BCUT2D eigenvalue weighted by molar-refractivity contribution is 5.97. The maximum Gasteiger partial charge on any atom is 0.159 e. The van der Waals surface area contributed by atoms with E-state index in [4.69, 9.17) is 9.97 Å². The van der Waals surface area contributed by atoms with Gasteiger partial charge in [-0.05, 0) is 74.6 Å².